The molecule has 0 N–H and O–H groups in total. The molecular formula is C20H20N4O. The Labute approximate surface area is 147 Å². The molecule has 0 bridgehead atoms. The van der Waals surface area contributed by atoms with E-state index >= 15 is 0 Å². The van der Waals surface area contributed by atoms with Gasteiger partial charge in [0.1, 0.15) is 6.07 Å². The molecule has 0 saturated carbocycles. The number of pyridine rings is 1. The lowest BCUT2D eigenvalue weighted by molar-refractivity contribution is 0.101. The third-order valence-corrected chi connectivity index (χ3v) is 3.78. The number of nitriles is 1. The van der Waals surface area contributed by atoms with Crippen molar-refractivity contribution in [2.45, 2.75) is 27.7 Å². The van der Waals surface area contributed by atoms with Crippen LogP contribution in [0.2, 0.25) is 0 Å². The van der Waals surface area contributed by atoms with Crippen molar-refractivity contribution in [1.82, 2.24) is 14.8 Å². The molecule has 0 spiro atoms. The number of ketones is 1. The van der Waals surface area contributed by atoms with Crippen LogP contribution in [0.25, 0.3) is 11.4 Å². The van der Waals surface area contributed by atoms with E-state index in [9.17, 15) is 4.79 Å². The van der Waals surface area contributed by atoms with Crippen molar-refractivity contribution in [3.8, 4) is 11.9 Å². The molecule has 0 aliphatic rings. The zero-order valence-corrected chi connectivity index (χ0v) is 14.9. The Kier molecular flexibility index (Phi) is 5.45. The highest BCUT2D eigenvalue weighted by Crippen LogP contribution is 2.23. The van der Waals surface area contributed by atoms with E-state index in [4.69, 9.17) is 5.26 Å². The van der Waals surface area contributed by atoms with Crippen LogP contribution in [0.15, 0.2) is 48.6 Å². The van der Waals surface area contributed by atoms with Crippen LogP contribution in [-0.2, 0) is 0 Å². The van der Waals surface area contributed by atoms with E-state index < -0.39 is 0 Å². The number of aryl methyl sites for hydroxylation is 1. The van der Waals surface area contributed by atoms with Gasteiger partial charge in [-0.25, -0.2) is 9.67 Å². The van der Waals surface area contributed by atoms with Gasteiger partial charge in [-0.2, -0.15) is 10.4 Å². The van der Waals surface area contributed by atoms with E-state index in [-0.39, 0.29) is 11.5 Å². The lowest BCUT2D eigenvalue weighted by Crippen LogP contribution is -2.10. The molecule has 2 aromatic rings. The van der Waals surface area contributed by atoms with Gasteiger partial charge in [0, 0.05) is 11.3 Å². The van der Waals surface area contributed by atoms with Crippen molar-refractivity contribution >= 4 is 11.4 Å². The van der Waals surface area contributed by atoms with E-state index in [2.05, 4.69) is 16.7 Å². The van der Waals surface area contributed by atoms with E-state index in [0.29, 0.717) is 17.1 Å². The van der Waals surface area contributed by atoms with Crippen LogP contribution in [-0.4, -0.2) is 20.5 Å². The third-order valence-electron chi connectivity index (χ3n) is 3.78. The summed E-state index contributed by atoms with van der Waals surface area (Å²) in [6.07, 6.45) is 5.66. The summed E-state index contributed by atoms with van der Waals surface area (Å²) in [4.78, 5) is 16.7. The Hall–Kier alpha value is -3.26. The number of carbonyl (C=O) groups is 1. The number of aromatic nitrogens is 3. The van der Waals surface area contributed by atoms with E-state index in [0.717, 1.165) is 16.8 Å². The Morgan fingerprint density at radius 3 is 2.60 bits per heavy atom. The summed E-state index contributed by atoms with van der Waals surface area (Å²) in [7, 11) is 0. The van der Waals surface area contributed by atoms with E-state index in [1.165, 1.54) is 11.6 Å². The summed E-state index contributed by atoms with van der Waals surface area (Å²) >= 11 is 0. The van der Waals surface area contributed by atoms with Crippen LogP contribution in [0.4, 0.5) is 0 Å². The maximum atomic E-state index is 12.0. The molecule has 2 aromatic heterocycles. The normalized spacial score (nSPS) is 12.0. The largest absolute Gasteiger partial charge is 0.294 e. The van der Waals surface area contributed by atoms with Crippen molar-refractivity contribution in [3.63, 3.8) is 0 Å². The predicted molar refractivity (Wildman–Crippen MR) is 98.4 cm³/mol. The van der Waals surface area contributed by atoms with Gasteiger partial charge in [0.2, 0.25) is 0 Å². The Morgan fingerprint density at radius 2 is 2.08 bits per heavy atom. The van der Waals surface area contributed by atoms with E-state index in [1.54, 1.807) is 24.3 Å². The second-order valence-corrected chi connectivity index (χ2v) is 5.62. The van der Waals surface area contributed by atoms with Gasteiger partial charge >= 0.3 is 0 Å². The second kappa shape index (κ2) is 7.54. The molecule has 0 fully saturated rings. The lowest BCUT2D eigenvalue weighted by Gasteiger charge is -2.12. The number of hydrogen-bond acceptors (Lipinski definition) is 4. The molecular weight excluding hydrogens is 312 g/mol. The molecule has 0 saturated heterocycles. The average Bonchev–Trinajstić information content (AvgIpc) is 2.96. The second-order valence-electron chi connectivity index (χ2n) is 5.62. The standard InChI is InChI=1S/C20H20N4O/c1-6-8-13(3)17(7-2)19-10-9-18(15(5)25)20(22-19)24-14(4)11-16(12-21)23-24/h6-11H,2H2,1,3-5H3/b8-6-,17-13-. The molecule has 2 rings (SSSR count). The molecule has 0 aromatic carbocycles. The first-order chi connectivity index (χ1) is 11.9. The maximum absolute atomic E-state index is 12.0. The summed E-state index contributed by atoms with van der Waals surface area (Å²) in [6.45, 7) is 11.1. The molecule has 25 heavy (non-hydrogen) atoms. The number of rotatable bonds is 5. The highest BCUT2D eigenvalue weighted by molar-refractivity contribution is 5.97. The summed E-state index contributed by atoms with van der Waals surface area (Å²) in [5, 5.41) is 13.3. The monoisotopic (exact) mass is 332 g/mol. The first-order valence-corrected chi connectivity index (χ1v) is 7.88. The highest BCUT2D eigenvalue weighted by atomic mass is 16.1. The van der Waals surface area contributed by atoms with Crippen LogP contribution in [0.3, 0.4) is 0 Å². The fourth-order valence-electron chi connectivity index (χ4n) is 2.59. The first-order valence-electron chi connectivity index (χ1n) is 7.88. The Balaban J connectivity index is 2.76. The fraction of sp³-hybridized carbons (Fsp3) is 0.200. The minimum atomic E-state index is -0.114. The first kappa shape index (κ1) is 18.1. The van der Waals surface area contributed by atoms with Gasteiger partial charge in [-0.05, 0) is 51.5 Å². The van der Waals surface area contributed by atoms with Crippen LogP contribution in [0.1, 0.15) is 48.2 Å². The van der Waals surface area contributed by atoms with Gasteiger partial charge in [0.15, 0.2) is 17.3 Å². The minimum Gasteiger partial charge on any atom is -0.294 e. The number of nitrogens with zero attached hydrogens (tertiary/aromatic N) is 4. The SMILES string of the molecule is C=C/C(=C(C)/C=C\C)c1ccc(C(C)=O)c(-n2nc(C#N)cc2C)n1. The number of allylic oxidation sites excluding steroid dienone is 5. The van der Waals surface area contributed by atoms with Crippen molar-refractivity contribution in [1.29, 1.82) is 5.26 Å². The van der Waals surface area contributed by atoms with Crippen LogP contribution in [0.5, 0.6) is 0 Å². The quantitative estimate of drug-likeness (QED) is 0.608. The van der Waals surface area contributed by atoms with Gasteiger partial charge in [0.25, 0.3) is 0 Å². The lowest BCUT2D eigenvalue weighted by atomic mass is 10.0. The zero-order chi connectivity index (χ0) is 18.6. The molecule has 0 atom stereocenters. The predicted octanol–water partition coefficient (Wildman–Crippen LogP) is 4.19. The maximum Gasteiger partial charge on any atom is 0.165 e. The van der Waals surface area contributed by atoms with Gasteiger partial charge in [-0.3, -0.25) is 4.79 Å². The minimum absolute atomic E-state index is 0.114. The van der Waals surface area contributed by atoms with Crippen molar-refractivity contribution in [3.05, 3.63) is 71.2 Å². The summed E-state index contributed by atoms with van der Waals surface area (Å²) in [6, 6.07) is 7.21. The van der Waals surface area contributed by atoms with Crippen molar-refractivity contribution in [2.75, 3.05) is 0 Å². The molecule has 0 aliphatic carbocycles. The molecule has 0 aliphatic heterocycles. The third kappa shape index (κ3) is 3.64. The van der Waals surface area contributed by atoms with Gasteiger partial charge in [-0.15, -0.1) is 0 Å². The fourth-order valence-corrected chi connectivity index (χ4v) is 2.59. The summed E-state index contributed by atoms with van der Waals surface area (Å²) in [5.41, 5.74) is 4.05. The number of hydrogen-bond donors (Lipinski definition) is 0. The Bertz CT molecular complexity index is 939. The number of carbonyl (C=O) groups excluding carboxylic acids is 1. The van der Waals surface area contributed by atoms with Gasteiger partial charge < -0.3 is 0 Å². The molecule has 5 nitrogen and oxygen atoms in total. The highest BCUT2D eigenvalue weighted by Gasteiger charge is 2.16. The number of Topliss-reactive ketones (excluding diaryl/α,β-unsaturated/α-hetero) is 1. The molecule has 5 heteroatoms. The molecule has 0 radical (unpaired) electrons. The van der Waals surface area contributed by atoms with Crippen LogP contribution < -0.4 is 0 Å². The topological polar surface area (TPSA) is 71.6 Å². The smallest absolute Gasteiger partial charge is 0.165 e. The van der Waals surface area contributed by atoms with Crippen LogP contribution in [0, 0.1) is 18.3 Å². The van der Waals surface area contributed by atoms with E-state index in [1.807, 2.05) is 39.0 Å². The zero-order valence-electron chi connectivity index (χ0n) is 14.9. The molecule has 0 unspecified atom stereocenters. The van der Waals surface area contributed by atoms with Gasteiger partial charge in [-0.1, -0.05) is 24.8 Å². The molecule has 2 heterocycles. The summed E-state index contributed by atoms with van der Waals surface area (Å²) < 4.78 is 1.53. The molecule has 0 amide bonds. The molecule has 126 valence electrons. The van der Waals surface area contributed by atoms with Crippen molar-refractivity contribution in [2.24, 2.45) is 0 Å². The summed E-state index contributed by atoms with van der Waals surface area (Å²) in [5.74, 6) is 0.299. The van der Waals surface area contributed by atoms with Gasteiger partial charge in [0.05, 0.1) is 11.3 Å². The Morgan fingerprint density at radius 1 is 1.36 bits per heavy atom. The van der Waals surface area contributed by atoms with Crippen molar-refractivity contribution < 1.29 is 4.79 Å². The van der Waals surface area contributed by atoms with Crippen LogP contribution >= 0.6 is 0 Å². The average molecular weight is 332 g/mol.